The van der Waals surface area contributed by atoms with Crippen LogP contribution in [0.1, 0.15) is 43.4 Å². The monoisotopic (exact) mass is 531 g/mol. The van der Waals surface area contributed by atoms with Crippen LogP contribution in [0.15, 0.2) is 72.8 Å². The molecule has 2 atom stereocenters. The molecule has 4 rings (SSSR count). The molecule has 0 aromatic heterocycles. The van der Waals surface area contributed by atoms with E-state index in [4.69, 9.17) is 14.5 Å². The molecule has 1 saturated heterocycles. The summed E-state index contributed by atoms with van der Waals surface area (Å²) in [7, 11) is -4.58. The maximum atomic E-state index is 14.2. The highest BCUT2D eigenvalue weighted by atomic mass is 31.2. The number of hydrogen-bond acceptors (Lipinski definition) is 4. The van der Waals surface area contributed by atoms with Crippen LogP contribution in [-0.2, 0) is 19.4 Å². The highest BCUT2D eigenvalue weighted by Crippen LogP contribution is 2.42. The van der Waals surface area contributed by atoms with Crippen molar-refractivity contribution in [2.75, 3.05) is 13.2 Å². The van der Waals surface area contributed by atoms with E-state index >= 15 is 0 Å². The van der Waals surface area contributed by atoms with Crippen molar-refractivity contribution in [3.63, 3.8) is 0 Å². The Balaban J connectivity index is 1.48. The molecule has 0 unspecified atom stereocenters. The Morgan fingerprint density at radius 2 is 1.78 bits per heavy atom. The van der Waals surface area contributed by atoms with Crippen LogP contribution in [0.2, 0.25) is 0 Å². The first kappa shape index (κ1) is 26.9. The van der Waals surface area contributed by atoms with Gasteiger partial charge in [-0.3, -0.25) is 4.52 Å². The van der Waals surface area contributed by atoms with Crippen molar-refractivity contribution in [1.82, 2.24) is 4.90 Å². The van der Waals surface area contributed by atoms with Gasteiger partial charge in [-0.2, -0.15) is 0 Å². The fourth-order valence-corrected chi connectivity index (χ4v) is 5.04. The fraction of sp³-hybridized carbons (Fsp3) is 0.296. The molecule has 196 valence electrons. The zero-order valence-electron chi connectivity index (χ0n) is 20.2. The summed E-state index contributed by atoms with van der Waals surface area (Å²) in [6, 6.07) is 19.4. The number of carbonyl (C=O) groups is 1. The maximum absolute atomic E-state index is 14.2. The molecule has 37 heavy (non-hydrogen) atoms. The van der Waals surface area contributed by atoms with Crippen LogP contribution in [0.3, 0.4) is 0 Å². The maximum Gasteiger partial charge on any atom is 0.469 e. The van der Waals surface area contributed by atoms with Crippen LogP contribution in [0.5, 0.6) is 0 Å². The molecule has 0 saturated carbocycles. The van der Waals surface area contributed by atoms with Gasteiger partial charge in [0.25, 0.3) is 0 Å². The summed E-state index contributed by atoms with van der Waals surface area (Å²) in [6.45, 7) is 2.10. The van der Waals surface area contributed by atoms with Gasteiger partial charge < -0.3 is 19.4 Å². The van der Waals surface area contributed by atoms with E-state index in [9.17, 15) is 18.1 Å². The highest BCUT2D eigenvalue weighted by Gasteiger charge is 2.43. The number of cyclic esters (lactones) is 1. The van der Waals surface area contributed by atoms with Crippen molar-refractivity contribution in [1.29, 1.82) is 0 Å². The van der Waals surface area contributed by atoms with Gasteiger partial charge in [-0.25, -0.2) is 18.1 Å². The van der Waals surface area contributed by atoms with Gasteiger partial charge in [0, 0.05) is 24.6 Å². The molecule has 1 amide bonds. The standard InChI is InChI=1S/C27H28F2NO6P/c1-19(20-8-10-21(11-9-20)24-13-12-23(28)18-25(24)29)30-16-15-27(36-26(30)31,22-6-3-2-4-7-22)14-5-17-35-37(32,33)34/h2-4,6-13,18-19H,5,14-17H2,1H3,(H2,32,33,34)/t19-,27+/m0/s1. The molecule has 2 N–H and O–H groups in total. The summed E-state index contributed by atoms with van der Waals surface area (Å²) < 4.78 is 49.0. The molecule has 7 nitrogen and oxygen atoms in total. The van der Waals surface area contributed by atoms with E-state index in [-0.39, 0.29) is 24.6 Å². The molecule has 0 bridgehead atoms. The fourth-order valence-electron chi connectivity index (χ4n) is 4.67. The summed E-state index contributed by atoms with van der Waals surface area (Å²) in [6.07, 6.45) is 0.585. The number of phosphoric ester groups is 1. The van der Waals surface area contributed by atoms with Crippen molar-refractivity contribution in [2.24, 2.45) is 0 Å². The third-order valence-corrected chi connectivity index (χ3v) is 7.18. The van der Waals surface area contributed by atoms with Gasteiger partial charge in [0.15, 0.2) is 0 Å². The van der Waals surface area contributed by atoms with E-state index < -0.39 is 31.2 Å². The number of ether oxygens (including phenoxy) is 1. The smallest absolute Gasteiger partial charge is 0.438 e. The summed E-state index contributed by atoms with van der Waals surface area (Å²) in [5, 5.41) is 0. The number of nitrogens with zero attached hydrogens (tertiary/aromatic N) is 1. The van der Waals surface area contributed by atoms with E-state index in [0.717, 1.165) is 17.2 Å². The number of phosphoric acid groups is 1. The predicted octanol–water partition coefficient (Wildman–Crippen LogP) is 6.32. The number of benzene rings is 3. The molecule has 0 spiro atoms. The van der Waals surface area contributed by atoms with Crippen LogP contribution >= 0.6 is 7.82 Å². The van der Waals surface area contributed by atoms with E-state index in [1.807, 2.05) is 37.3 Å². The topological polar surface area (TPSA) is 96.3 Å². The molecule has 1 fully saturated rings. The van der Waals surface area contributed by atoms with Gasteiger partial charge in [0.05, 0.1) is 12.6 Å². The SMILES string of the molecule is C[C@@H](c1ccc(-c2ccc(F)cc2F)cc1)N1CC[C@](CCCOP(=O)(O)O)(c2ccccc2)OC1=O. The Morgan fingerprint density at radius 3 is 2.41 bits per heavy atom. The zero-order valence-corrected chi connectivity index (χ0v) is 21.1. The molecular formula is C27H28F2NO6P. The third-order valence-electron chi connectivity index (χ3n) is 6.66. The molecule has 3 aromatic rings. The lowest BCUT2D eigenvalue weighted by Crippen LogP contribution is -2.48. The summed E-state index contributed by atoms with van der Waals surface area (Å²) in [5.41, 5.74) is 1.56. The first-order valence-electron chi connectivity index (χ1n) is 11.9. The second kappa shape index (κ2) is 11.1. The second-order valence-electron chi connectivity index (χ2n) is 9.02. The Hall–Kier alpha value is -3.10. The van der Waals surface area contributed by atoms with Crippen molar-refractivity contribution >= 4 is 13.9 Å². The average molecular weight is 531 g/mol. The molecule has 1 aliphatic heterocycles. The second-order valence-corrected chi connectivity index (χ2v) is 10.3. The molecular weight excluding hydrogens is 503 g/mol. The lowest BCUT2D eigenvalue weighted by molar-refractivity contribution is -0.0679. The minimum Gasteiger partial charge on any atom is -0.438 e. The lowest BCUT2D eigenvalue weighted by atomic mass is 9.84. The average Bonchev–Trinajstić information content (AvgIpc) is 2.86. The van der Waals surface area contributed by atoms with Gasteiger partial charge in [0.2, 0.25) is 0 Å². The molecule has 3 aromatic carbocycles. The van der Waals surface area contributed by atoms with Gasteiger partial charge >= 0.3 is 13.9 Å². The molecule has 1 heterocycles. The molecule has 10 heteroatoms. The van der Waals surface area contributed by atoms with Crippen molar-refractivity contribution in [2.45, 2.75) is 37.8 Å². The van der Waals surface area contributed by atoms with E-state index in [1.165, 1.54) is 12.1 Å². The van der Waals surface area contributed by atoms with Gasteiger partial charge in [-0.05, 0) is 48.6 Å². The van der Waals surface area contributed by atoms with Crippen molar-refractivity contribution in [3.8, 4) is 11.1 Å². The van der Waals surface area contributed by atoms with Crippen LogP contribution < -0.4 is 0 Å². The zero-order chi connectivity index (χ0) is 26.6. The summed E-state index contributed by atoms with van der Waals surface area (Å²) in [5.74, 6) is -1.29. The number of hydrogen-bond donors (Lipinski definition) is 2. The number of rotatable bonds is 9. The Labute approximate surface area is 213 Å². The lowest BCUT2D eigenvalue weighted by Gasteiger charge is -2.43. The molecule has 1 aliphatic rings. The highest BCUT2D eigenvalue weighted by molar-refractivity contribution is 7.46. The summed E-state index contributed by atoms with van der Waals surface area (Å²) in [4.78, 5) is 32.7. The van der Waals surface area contributed by atoms with E-state index in [2.05, 4.69) is 4.52 Å². The third kappa shape index (κ3) is 6.43. The first-order chi connectivity index (χ1) is 17.6. The minimum atomic E-state index is -4.58. The van der Waals surface area contributed by atoms with Gasteiger partial charge in [-0.1, -0.05) is 54.6 Å². The first-order valence-corrected chi connectivity index (χ1v) is 13.4. The van der Waals surface area contributed by atoms with Crippen molar-refractivity contribution in [3.05, 3.63) is 95.6 Å². The van der Waals surface area contributed by atoms with Gasteiger partial charge in [-0.15, -0.1) is 0 Å². The predicted molar refractivity (Wildman–Crippen MR) is 133 cm³/mol. The van der Waals surface area contributed by atoms with Crippen LogP contribution in [0.25, 0.3) is 11.1 Å². The number of amides is 1. The number of carbonyl (C=O) groups excluding carboxylic acids is 1. The van der Waals surface area contributed by atoms with Crippen LogP contribution in [-0.4, -0.2) is 33.9 Å². The summed E-state index contributed by atoms with van der Waals surface area (Å²) >= 11 is 0. The van der Waals surface area contributed by atoms with E-state index in [1.54, 1.807) is 29.2 Å². The van der Waals surface area contributed by atoms with Crippen molar-refractivity contribution < 1.29 is 37.2 Å². The van der Waals surface area contributed by atoms with Gasteiger partial charge in [0.1, 0.15) is 17.2 Å². The normalized spacial score (nSPS) is 18.9. The quantitative estimate of drug-likeness (QED) is 0.248. The van der Waals surface area contributed by atoms with Crippen LogP contribution in [0, 0.1) is 11.6 Å². The Bertz CT molecular complexity index is 1280. The molecule has 0 aliphatic carbocycles. The van der Waals surface area contributed by atoms with Crippen LogP contribution in [0.4, 0.5) is 13.6 Å². The Morgan fingerprint density at radius 1 is 1.08 bits per heavy atom. The molecule has 0 radical (unpaired) electrons. The van der Waals surface area contributed by atoms with E-state index in [0.29, 0.717) is 24.9 Å². The minimum absolute atomic E-state index is 0.169. The number of halogens is 2. The largest absolute Gasteiger partial charge is 0.469 e. The Kier molecular flexibility index (Phi) is 8.09.